The van der Waals surface area contributed by atoms with Crippen LogP contribution >= 0.6 is 11.3 Å². The van der Waals surface area contributed by atoms with Crippen LogP contribution in [-0.2, 0) is 11.3 Å². The lowest BCUT2D eigenvalue weighted by Gasteiger charge is -2.27. The average molecular weight is 319 g/mol. The van der Waals surface area contributed by atoms with Crippen LogP contribution in [0, 0.1) is 0 Å². The Kier molecular flexibility index (Phi) is 4.62. The van der Waals surface area contributed by atoms with Crippen LogP contribution in [0.1, 0.15) is 15.5 Å². The summed E-state index contributed by atoms with van der Waals surface area (Å²) in [5.74, 6) is 0.636. The highest BCUT2D eigenvalue weighted by molar-refractivity contribution is 7.09. The van der Waals surface area contributed by atoms with Crippen LogP contribution < -0.4 is 16.0 Å². The molecule has 1 amide bonds. The van der Waals surface area contributed by atoms with Gasteiger partial charge in [0.05, 0.1) is 25.1 Å². The number of carbonyl (C=O) groups excluding carboxylic acids is 1. The van der Waals surface area contributed by atoms with Gasteiger partial charge in [-0.25, -0.2) is 9.97 Å². The predicted molar refractivity (Wildman–Crippen MR) is 85.2 cm³/mol. The molecule has 0 spiro atoms. The fraction of sp³-hybridized carbons (Fsp3) is 0.357. The summed E-state index contributed by atoms with van der Waals surface area (Å²) in [5, 5.41) is 5.23. The van der Waals surface area contributed by atoms with Crippen LogP contribution in [0.4, 0.5) is 11.5 Å². The molecule has 116 valence electrons. The zero-order valence-corrected chi connectivity index (χ0v) is 12.8. The van der Waals surface area contributed by atoms with Crippen LogP contribution in [0.3, 0.4) is 0 Å². The second-order valence-electron chi connectivity index (χ2n) is 4.79. The molecule has 22 heavy (non-hydrogen) atoms. The number of thiazole rings is 1. The molecular formula is C14H17N5O2S. The Morgan fingerprint density at radius 1 is 1.41 bits per heavy atom. The number of carbonyl (C=O) groups is 1. The summed E-state index contributed by atoms with van der Waals surface area (Å²) in [5.41, 5.74) is 6.52. The highest BCUT2D eigenvalue weighted by atomic mass is 32.1. The summed E-state index contributed by atoms with van der Waals surface area (Å²) >= 11 is 1.38. The summed E-state index contributed by atoms with van der Waals surface area (Å²) in [7, 11) is 0. The molecule has 1 saturated heterocycles. The van der Waals surface area contributed by atoms with Gasteiger partial charge in [-0.1, -0.05) is 0 Å². The maximum absolute atomic E-state index is 12.1. The highest BCUT2D eigenvalue weighted by Gasteiger charge is 2.13. The van der Waals surface area contributed by atoms with E-state index >= 15 is 0 Å². The molecule has 8 heteroatoms. The summed E-state index contributed by atoms with van der Waals surface area (Å²) in [4.78, 5) is 22.8. The van der Waals surface area contributed by atoms with Crippen LogP contribution in [-0.4, -0.2) is 42.2 Å². The zero-order valence-electron chi connectivity index (χ0n) is 12.0. The Balaban J connectivity index is 1.64. The van der Waals surface area contributed by atoms with E-state index < -0.39 is 0 Å². The number of hydrogen-bond donors (Lipinski definition) is 2. The van der Waals surface area contributed by atoms with Gasteiger partial charge in [-0.15, -0.1) is 11.3 Å². The van der Waals surface area contributed by atoms with Crippen molar-refractivity contribution < 1.29 is 9.53 Å². The number of nitrogens with one attached hydrogen (secondary N) is 1. The molecule has 0 radical (unpaired) electrons. The smallest absolute Gasteiger partial charge is 0.275 e. The molecule has 7 nitrogen and oxygen atoms in total. The quantitative estimate of drug-likeness (QED) is 0.876. The molecule has 3 heterocycles. The summed E-state index contributed by atoms with van der Waals surface area (Å²) < 4.78 is 5.32. The number of rotatable bonds is 4. The van der Waals surface area contributed by atoms with Crippen molar-refractivity contribution in [3.8, 4) is 0 Å². The molecule has 0 bridgehead atoms. The third-order valence-electron chi connectivity index (χ3n) is 3.30. The maximum atomic E-state index is 12.1. The van der Waals surface area contributed by atoms with Gasteiger partial charge in [-0.05, 0) is 12.1 Å². The highest BCUT2D eigenvalue weighted by Crippen LogP contribution is 2.16. The summed E-state index contributed by atoms with van der Waals surface area (Å²) in [6, 6.07) is 3.74. The topological polar surface area (TPSA) is 93.4 Å². The van der Waals surface area contributed by atoms with Gasteiger partial charge < -0.3 is 20.7 Å². The van der Waals surface area contributed by atoms with Crippen molar-refractivity contribution in [1.29, 1.82) is 0 Å². The lowest BCUT2D eigenvalue weighted by atomic mass is 10.3. The van der Waals surface area contributed by atoms with Crippen molar-refractivity contribution in [2.45, 2.75) is 6.54 Å². The van der Waals surface area contributed by atoms with Crippen LogP contribution in [0.25, 0.3) is 0 Å². The first-order valence-corrected chi connectivity index (χ1v) is 7.89. The van der Waals surface area contributed by atoms with E-state index in [9.17, 15) is 4.79 Å². The molecular weight excluding hydrogens is 302 g/mol. The molecule has 1 aliphatic rings. The van der Waals surface area contributed by atoms with Crippen LogP contribution in [0.15, 0.2) is 23.7 Å². The van der Waals surface area contributed by atoms with Crippen molar-refractivity contribution >= 4 is 28.7 Å². The van der Waals surface area contributed by atoms with E-state index in [1.54, 1.807) is 11.6 Å². The van der Waals surface area contributed by atoms with Crippen LogP contribution in [0.2, 0.25) is 0 Å². The van der Waals surface area contributed by atoms with Crippen LogP contribution in [0.5, 0.6) is 0 Å². The number of hydrogen-bond acceptors (Lipinski definition) is 7. The van der Waals surface area contributed by atoms with Gasteiger partial charge in [0.2, 0.25) is 0 Å². The van der Waals surface area contributed by atoms with Crippen molar-refractivity contribution in [2.75, 3.05) is 36.5 Å². The monoisotopic (exact) mass is 319 g/mol. The predicted octanol–water partition coefficient (Wildman–Crippen LogP) is 1.09. The number of morpholine rings is 1. The molecule has 2 aromatic heterocycles. The molecule has 3 rings (SSSR count). The molecule has 0 aromatic carbocycles. The van der Waals surface area contributed by atoms with Gasteiger partial charge in [0.25, 0.3) is 5.91 Å². The molecule has 2 aromatic rings. The van der Waals surface area contributed by atoms with E-state index in [-0.39, 0.29) is 5.91 Å². The molecule has 3 N–H and O–H groups in total. The van der Waals surface area contributed by atoms with E-state index in [0.29, 0.717) is 31.1 Å². The van der Waals surface area contributed by atoms with Gasteiger partial charge in [-0.3, -0.25) is 4.79 Å². The Hall–Kier alpha value is -2.03. The zero-order chi connectivity index (χ0) is 15.4. The molecule has 0 saturated carbocycles. The van der Waals surface area contributed by atoms with E-state index in [1.807, 2.05) is 12.1 Å². The minimum absolute atomic E-state index is 0.253. The van der Waals surface area contributed by atoms with Gasteiger partial charge in [-0.2, -0.15) is 0 Å². The number of nitrogens with zero attached hydrogens (tertiary/aromatic N) is 3. The normalized spacial score (nSPS) is 14.9. The van der Waals surface area contributed by atoms with Crippen molar-refractivity contribution in [1.82, 2.24) is 9.97 Å². The minimum Gasteiger partial charge on any atom is -0.378 e. The van der Waals surface area contributed by atoms with E-state index in [4.69, 9.17) is 10.5 Å². The first kappa shape index (κ1) is 14.9. The molecule has 0 aliphatic carbocycles. The lowest BCUT2D eigenvalue weighted by Crippen LogP contribution is -2.36. The van der Waals surface area contributed by atoms with Gasteiger partial charge in [0.15, 0.2) is 0 Å². The number of nitrogens with two attached hydrogens (primary N) is 1. The molecule has 1 aliphatic heterocycles. The standard InChI is InChI=1S/C14H17N5O2S/c15-7-13-18-11(9-22-13)14(20)17-10-1-2-12(16-8-10)19-3-5-21-6-4-19/h1-2,8-9H,3-7,15H2,(H,17,20). The Bertz CT molecular complexity index is 637. The first-order valence-electron chi connectivity index (χ1n) is 7.01. The second kappa shape index (κ2) is 6.82. The van der Waals surface area contributed by atoms with Crippen molar-refractivity contribution in [3.05, 3.63) is 34.4 Å². The fourth-order valence-corrected chi connectivity index (χ4v) is 2.80. The maximum Gasteiger partial charge on any atom is 0.275 e. The number of aromatic nitrogens is 2. The van der Waals surface area contributed by atoms with E-state index in [1.165, 1.54) is 11.3 Å². The first-order chi connectivity index (χ1) is 10.8. The number of ether oxygens (including phenoxy) is 1. The lowest BCUT2D eigenvalue weighted by molar-refractivity contribution is 0.102. The third kappa shape index (κ3) is 3.41. The molecule has 0 unspecified atom stereocenters. The Morgan fingerprint density at radius 2 is 2.23 bits per heavy atom. The van der Waals surface area contributed by atoms with Gasteiger partial charge >= 0.3 is 0 Å². The number of amides is 1. The molecule has 0 atom stereocenters. The van der Waals surface area contributed by atoms with Crippen molar-refractivity contribution in [3.63, 3.8) is 0 Å². The van der Waals surface area contributed by atoms with E-state index in [0.717, 1.165) is 23.9 Å². The Morgan fingerprint density at radius 3 is 2.86 bits per heavy atom. The number of anilines is 2. The fourth-order valence-electron chi connectivity index (χ4n) is 2.14. The molecule has 1 fully saturated rings. The Labute approximate surface area is 132 Å². The second-order valence-corrected chi connectivity index (χ2v) is 5.73. The van der Waals surface area contributed by atoms with E-state index in [2.05, 4.69) is 20.2 Å². The number of pyridine rings is 1. The van der Waals surface area contributed by atoms with Gasteiger partial charge in [0.1, 0.15) is 16.5 Å². The average Bonchev–Trinajstić information content (AvgIpc) is 3.06. The van der Waals surface area contributed by atoms with Gasteiger partial charge in [0, 0.05) is 25.0 Å². The summed E-state index contributed by atoms with van der Waals surface area (Å²) in [6.07, 6.45) is 1.65. The minimum atomic E-state index is -0.253. The van der Waals surface area contributed by atoms with Crippen molar-refractivity contribution in [2.24, 2.45) is 5.73 Å². The SMILES string of the molecule is NCc1nc(C(=O)Nc2ccc(N3CCOCC3)nc2)cs1. The summed E-state index contributed by atoms with van der Waals surface area (Å²) in [6.45, 7) is 3.44. The third-order valence-corrected chi connectivity index (χ3v) is 4.17. The largest absolute Gasteiger partial charge is 0.378 e.